The SMILES string of the molecule is NC(=O)c1ccccc1NS(=O)(=O)c1ccc2c(c1)OCCCO2. The number of fused-ring (bicyclic) bond motifs is 1. The van der Waals surface area contributed by atoms with Crippen LogP contribution in [0, 0.1) is 0 Å². The molecular weight excluding hydrogens is 332 g/mol. The minimum Gasteiger partial charge on any atom is -0.490 e. The second-order valence-corrected chi connectivity index (χ2v) is 6.86. The van der Waals surface area contributed by atoms with Crippen molar-refractivity contribution >= 4 is 21.6 Å². The minimum absolute atomic E-state index is 0.00558. The van der Waals surface area contributed by atoms with Crippen molar-refractivity contribution in [3.8, 4) is 11.5 Å². The number of nitrogens with one attached hydrogen (secondary N) is 1. The topological polar surface area (TPSA) is 108 Å². The van der Waals surface area contributed by atoms with Gasteiger partial charge in [-0.1, -0.05) is 12.1 Å². The Morgan fingerprint density at radius 3 is 2.50 bits per heavy atom. The van der Waals surface area contributed by atoms with Crippen LogP contribution in [0.15, 0.2) is 47.4 Å². The first-order valence-corrected chi connectivity index (χ1v) is 8.77. The first-order valence-electron chi connectivity index (χ1n) is 7.29. The highest BCUT2D eigenvalue weighted by molar-refractivity contribution is 7.92. The summed E-state index contributed by atoms with van der Waals surface area (Å²) in [6.45, 7) is 0.970. The molecule has 3 rings (SSSR count). The molecule has 0 saturated heterocycles. The number of carbonyl (C=O) groups is 1. The van der Waals surface area contributed by atoms with Crippen molar-refractivity contribution in [3.63, 3.8) is 0 Å². The zero-order chi connectivity index (χ0) is 17.2. The fraction of sp³-hybridized carbons (Fsp3) is 0.188. The number of carbonyl (C=O) groups excluding carboxylic acids is 1. The number of para-hydroxylation sites is 1. The molecular formula is C16H16N2O5S. The van der Waals surface area contributed by atoms with Crippen molar-refractivity contribution in [3.05, 3.63) is 48.0 Å². The molecule has 2 aromatic rings. The van der Waals surface area contributed by atoms with E-state index in [1.807, 2.05) is 0 Å². The lowest BCUT2D eigenvalue weighted by atomic mass is 10.2. The van der Waals surface area contributed by atoms with E-state index in [1.165, 1.54) is 24.3 Å². The average molecular weight is 348 g/mol. The van der Waals surface area contributed by atoms with Crippen LogP contribution in [0.25, 0.3) is 0 Å². The highest BCUT2D eigenvalue weighted by atomic mass is 32.2. The second kappa shape index (κ2) is 6.40. The van der Waals surface area contributed by atoms with Gasteiger partial charge in [0.1, 0.15) is 0 Å². The Bertz CT molecular complexity index is 880. The van der Waals surface area contributed by atoms with Gasteiger partial charge in [0.2, 0.25) is 0 Å². The van der Waals surface area contributed by atoms with Gasteiger partial charge >= 0.3 is 0 Å². The summed E-state index contributed by atoms with van der Waals surface area (Å²) in [5.74, 6) is 0.162. The fourth-order valence-corrected chi connectivity index (χ4v) is 3.40. The lowest BCUT2D eigenvalue weighted by Gasteiger charge is -2.13. The third kappa shape index (κ3) is 3.28. The van der Waals surface area contributed by atoms with Crippen LogP contribution in [0.3, 0.4) is 0 Å². The van der Waals surface area contributed by atoms with Crippen LogP contribution >= 0.6 is 0 Å². The minimum atomic E-state index is -3.91. The maximum absolute atomic E-state index is 12.6. The van der Waals surface area contributed by atoms with Gasteiger partial charge in [-0.15, -0.1) is 0 Å². The maximum atomic E-state index is 12.6. The van der Waals surface area contributed by atoms with Crippen LogP contribution in [0.4, 0.5) is 5.69 Å². The van der Waals surface area contributed by atoms with Gasteiger partial charge in [-0.2, -0.15) is 0 Å². The molecule has 0 fully saturated rings. The number of primary amides is 1. The van der Waals surface area contributed by atoms with E-state index in [2.05, 4.69) is 4.72 Å². The quantitative estimate of drug-likeness (QED) is 0.875. The molecule has 8 heteroatoms. The van der Waals surface area contributed by atoms with Crippen molar-refractivity contribution in [2.45, 2.75) is 11.3 Å². The van der Waals surface area contributed by atoms with E-state index >= 15 is 0 Å². The average Bonchev–Trinajstić information content (AvgIpc) is 2.79. The van der Waals surface area contributed by atoms with E-state index in [4.69, 9.17) is 15.2 Å². The lowest BCUT2D eigenvalue weighted by Crippen LogP contribution is -2.18. The number of rotatable bonds is 4. The first kappa shape index (κ1) is 16.1. The van der Waals surface area contributed by atoms with Gasteiger partial charge in [0, 0.05) is 12.5 Å². The van der Waals surface area contributed by atoms with E-state index < -0.39 is 15.9 Å². The highest BCUT2D eigenvalue weighted by Gasteiger charge is 2.20. The zero-order valence-corrected chi connectivity index (χ0v) is 13.5. The van der Waals surface area contributed by atoms with E-state index in [0.717, 1.165) is 6.42 Å². The molecule has 2 aromatic carbocycles. The van der Waals surface area contributed by atoms with Gasteiger partial charge in [0.05, 0.1) is 29.4 Å². The molecule has 0 atom stereocenters. The molecule has 126 valence electrons. The monoisotopic (exact) mass is 348 g/mol. The van der Waals surface area contributed by atoms with Gasteiger partial charge in [0.25, 0.3) is 15.9 Å². The van der Waals surface area contributed by atoms with E-state index in [1.54, 1.807) is 18.2 Å². The van der Waals surface area contributed by atoms with Gasteiger partial charge in [-0.3, -0.25) is 9.52 Å². The summed E-state index contributed by atoms with van der Waals surface area (Å²) >= 11 is 0. The standard InChI is InChI=1S/C16H16N2O5S/c17-16(19)12-4-1-2-5-13(12)18-24(20,21)11-6-7-14-15(10-11)23-9-3-8-22-14/h1-2,4-7,10,18H,3,8-9H2,(H2,17,19). The normalized spacial score (nSPS) is 13.8. The fourth-order valence-electron chi connectivity index (χ4n) is 2.30. The summed E-state index contributed by atoms with van der Waals surface area (Å²) in [5.41, 5.74) is 5.49. The summed E-state index contributed by atoms with van der Waals surface area (Å²) in [4.78, 5) is 11.4. The Morgan fingerprint density at radius 1 is 1.04 bits per heavy atom. The van der Waals surface area contributed by atoms with Crippen molar-refractivity contribution in [2.24, 2.45) is 5.73 Å². The molecule has 1 amide bonds. The number of hydrogen-bond donors (Lipinski definition) is 2. The number of sulfonamides is 1. The Hall–Kier alpha value is -2.74. The number of nitrogens with two attached hydrogens (primary N) is 1. The molecule has 1 aliphatic heterocycles. The molecule has 0 aromatic heterocycles. The summed E-state index contributed by atoms with van der Waals surface area (Å²) in [7, 11) is -3.91. The molecule has 0 unspecified atom stereocenters. The summed E-state index contributed by atoms with van der Waals surface area (Å²) < 4.78 is 38.5. The van der Waals surface area contributed by atoms with Crippen molar-refractivity contribution in [1.82, 2.24) is 0 Å². The Balaban J connectivity index is 1.94. The summed E-state index contributed by atoms with van der Waals surface area (Å²) in [5, 5.41) is 0. The smallest absolute Gasteiger partial charge is 0.262 e. The molecule has 1 heterocycles. The van der Waals surface area contributed by atoms with Crippen molar-refractivity contribution in [2.75, 3.05) is 17.9 Å². The first-order chi connectivity index (χ1) is 11.5. The predicted molar refractivity (Wildman–Crippen MR) is 87.8 cm³/mol. The maximum Gasteiger partial charge on any atom is 0.262 e. The molecule has 0 bridgehead atoms. The Labute approximate surface area is 139 Å². The Morgan fingerprint density at radius 2 is 1.75 bits per heavy atom. The molecule has 1 aliphatic rings. The molecule has 0 radical (unpaired) electrons. The van der Waals surface area contributed by atoms with E-state index in [-0.39, 0.29) is 16.1 Å². The highest BCUT2D eigenvalue weighted by Crippen LogP contribution is 2.32. The molecule has 7 nitrogen and oxygen atoms in total. The predicted octanol–water partition coefficient (Wildman–Crippen LogP) is 1.75. The van der Waals surface area contributed by atoms with Gasteiger partial charge in [-0.25, -0.2) is 8.42 Å². The summed E-state index contributed by atoms with van der Waals surface area (Å²) in [6, 6.07) is 10.5. The molecule has 24 heavy (non-hydrogen) atoms. The van der Waals surface area contributed by atoms with Crippen LogP contribution in [-0.4, -0.2) is 27.5 Å². The van der Waals surface area contributed by atoms with Gasteiger partial charge in [0.15, 0.2) is 11.5 Å². The van der Waals surface area contributed by atoms with E-state index in [0.29, 0.717) is 24.7 Å². The van der Waals surface area contributed by atoms with E-state index in [9.17, 15) is 13.2 Å². The van der Waals surface area contributed by atoms with Crippen molar-refractivity contribution < 1.29 is 22.7 Å². The Kier molecular flexibility index (Phi) is 4.30. The van der Waals surface area contributed by atoms with Crippen LogP contribution in [0.1, 0.15) is 16.8 Å². The number of anilines is 1. The number of ether oxygens (including phenoxy) is 2. The summed E-state index contributed by atoms with van der Waals surface area (Å²) in [6.07, 6.45) is 0.723. The van der Waals surface area contributed by atoms with Crippen molar-refractivity contribution in [1.29, 1.82) is 0 Å². The van der Waals surface area contributed by atoms with Gasteiger partial charge < -0.3 is 15.2 Å². The second-order valence-electron chi connectivity index (χ2n) is 5.17. The van der Waals surface area contributed by atoms with Crippen LogP contribution in [0.5, 0.6) is 11.5 Å². The third-order valence-electron chi connectivity index (χ3n) is 3.47. The largest absolute Gasteiger partial charge is 0.490 e. The van der Waals surface area contributed by atoms with Crippen LogP contribution in [0.2, 0.25) is 0 Å². The molecule has 0 aliphatic carbocycles. The molecule has 3 N–H and O–H groups in total. The number of hydrogen-bond acceptors (Lipinski definition) is 5. The lowest BCUT2D eigenvalue weighted by molar-refractivity contribution is 0.100. The van der Waals surface area contributed by atoms with Gasteiger partial charge in [-0.05, 0) is 24.3 Å². The number of benzene rings is 2. The molecule has 0 saturated carbocycles. The zero-order valence-electron chi connectivity index (χ0n) is 12.7. The van der Waals surface area contributed by atoms with Crippen LogP contribution < -0.4 is 19.9 Å². The third-order valence-corrected chi connectivity index (χ3v) is 4.83. The van der Waals surface area contributed by atoms with Crippen LogP contribution in [-0.2, 0) is 10.0 Å². The number of amides is 1. The molecule has 0 spiro atoms.